The van der Waals surface area contributed by atoms with E-state index < -0.39 is 23.2 Å². The number of halogens is 2. The number of aryl methyl sites for hydroxylation is 1. The third-order valence-electron chi connectivity index (χ3n) is 5.50. The first kappa shape index (κ1) is 21.9. The summed E-state index contributed by atoms with van der Waals surface area (Å²) in [7, 11) is 2.55. The number of ether oxygens (including phenoxy) is 2. The lowest BCUT2D eigenvalue weighted by Crippen LogP contribution is -2.41. The number of carbonyl (C=O) groups is 1. The van der Waals surface area contributed by atoms with Crippen molar-refractivity contribution in [2.24, 2.45) is 0 Å². The summed E-state index contributed by atoms with van der Waals surface area (Å²) in [5.74, 6) is -0.731. The van der Waals surface area contributed by atoms with E-state index in [-0.39, 0.29) is 12.0 Å². The van der Waals surface area contributed by atoms with Gasteiger partial charge in [0.2, 0.25) is 0 Å². The van der Waals surface area contributed by atoms with Gasteiger partial charge in [0.15, 0.2) is 29.6 Å². The number of aromatic nitrogens is 1. The molecule has 166 valence electrons. The number of pyridine rings is 1. The van der Waals surface area contributed by atoms with Crippen LogP contribution in [0.2, 0.25) is 0 Å². The predicted octanol–water partition coefficient (Wildman–Crippen LogP) is 5.08. The highest BCUT2D eigenvalue weighted by Crippen LogP contribution is 2.47. The van der Waals surface area contributed by atoms with Crippen molar-refractivity contribution in [3.05, 3.63) is 70.2 Å². The van der Waals surface area contributed by atoms with Crippen LogP contribution in [0, 0.1) is 6.92 Å². The fraction of sp³-hybridized carbons (Fsp3) is 0.217. The lowest BCUT2D eigenvalue weighted by molar-refractivity contribution is -0.107. The zero-order valence-electron chi connectivity index (χ0n) is 17.6. The van der Waals surface area contributed by atoms with E-state index in [1.54, 1.807) is 24.4 Å². The van der Waals surface area contributed by atoms with Gasteiger partial charge in [-0.05, 0) is 36.1 Å². The van der Waals surface area contributed by atoms with Crippen molar-refractivity contribution in [3.63, 3.8) is 0 Å². The lowest BCUT2D eigenvalue weighted by Gasteiger charge is -2.35. The summed E-state index contributed by atoms with van der Waals surface area (Å²) < 4.78 is 41.2. The Morgan fingerprint density at radius 3 is 2.75 bits per heavy atom. The van der Waals surface area contributed by atoms with Gasteiger partial charge in [0.1, 0.15) is 5.82 Å². The van der Waals surface area contributed by atoms with Gasteiger partial charge < -0.3 is 20.5 Å². The van der Waals surface area contributed by atoms with Crippen LogP contribution in [0.25, 0.3) is 10.1 Å². The lowest BCUT2D eigenvalue weighted by atomic mass is 9.85. The van der Waals surface area contributed by atoms with Crippen LogP contribution in [0.5, 0.6) is 0 Å². The molecule has 0 aliphatic heterocycles. The SMILES string of the molecule is COC1=CC(OC)(c2cc3cc(Nc4c(C)cccc4N)ncc3s2)C(F)C(C=O)=C1F. The maximum atomic E-state index is 15.4. The number of alkyl halides is 1. The number of thiophene rings is 1. The number of aldehydes is 1. The van der Waals surface area contributed by atoms with Crippen molar-refractivity contribution in [2.45, 2.75) is 18.7 Å². The molecule has 0 bridgehead atoms. The molecular weight excluding hydrogens is 436 g/mol. The molecule has 3 aromatic rings. The molecule has 0 fully saturated rings. The molecule has 2 atom stereocenters. The van der Waals surface area contributed by atoms with Gasteiger partial charge in [-0.15, -0.1) is 11.3 Å². The van der Waals surface area contributed by atoms with Crippen LogP contribution in [-0.2, 0) is 19.9 Å². The van der Waals surface area contributed by atoms with Crippen molar-refractivity contribution in [1.29, 1.82) is 0 Å². The second-order valence-electron chi connectivity index (χ2n) is 7.34. The Morgan fingerprint density at radius 2 is 2.09 bits per heavy atom. The predicted molar refractivity (Wildman–Crippen MR) is 121 cm³/mol. The molecule has 1 aromatic carbocycles. The quantitative estimate of drug-likeness (QED) is 0.397. The number of nitrogens with two attached hydrogens (primary N) is 1. The molecule has 0 radical (unpaired) electrons. The normalized spacial score (nSPS) is 20.9. The summed E-state index contributed by atoms with van der Waals surface area (Å²) >= 11 is 1.24. The summed E-state index contributed by atoms with van der Waals surface area (Å²) in [5.41, 5.74) is 6.01. The molecule has 32 heavy (non-hydrogen) atoms. The van der Waals surface area contributed by atoms with Gasteiger partial charge in [-0.1, -0.05) is 12.1 Å². The van der Waals surface area contributed by atoms with Gasteiger partial charge in [0.25, 0.3) is 0 Å². The zero-order valence-corrected chi connectivity index (χ0v) is 18.4. The van der Waals surface area contributed by atoms with Crippen LogP contribution in [0.4, 0.5) is 26.0 Å². The van der Waals surface area contributed by atoms with Crippen molar-refractivity contribution in [2.75, 3.05) is 25.3 Å². The minimum atomic E-state index is -2.05. The van der Waals surface area contributed by atoms with E-state index in [2.05, 4.69) is 10.3 Å². The van der Waals surface area contributed by atoms with Crippen LogP contribution in [-0.4, -0.2) is 31.7 Å². The molecule has 2 aromatic heterocycles. The first-order valence-electron chi connectivity index (χ1n) is 9.68. The van der Waals surface area contributed by atoms with E-state index in [0.717, 1.165) is 21.3 Å². The van der Waals surface area contributed by atoms with E-state index in [1.807, 2.05) is 19.1 Å². The van der Waals surface area contributed by atoms with Crippen LogP contribution in [0.15, 0.2) is 59.8 Å². The number of benzene rings is 1. The standard InChI is InChI=1S/C23H21F2N3O3S/c1-12-5-4-6-15(26)21(12)28-19-8-13-7-18(32-17(13)10-27-19)23(31-3)9-16(30-2)20(24)14(11-29)22(23)25/h4-11,22H,26H2,1-3H3,(H,27,28). The first-order chi connectivity index (χ1) is 15.3. The smallest absolute Gasteiger partial charge is 0.174 e. The van der Waals surface area contributed by atoms with E-state index in [1.165, 1.54) is 31.6 Å². The number of nitrogen functional groups attached to an aromatic ring is 1. The van der Waals surface area contributed by atoms with Crippen molar-refractivity contribution >= 4 is 44.9 Å². The second kappa shape index (κ2) is 8.33. The Morgan fingerprint density at radius 1 is 1.31 bits per heavy atom. The number of rotatable bonds is 6. The highest BCUT2D eigenvalue weighted by atomic mass is 32.1. The third kappa shape index (κ3) is 3.43. The molecule has 0 amide bonds. The van der Waals surface area contributed by atoms with Crippen LogP contribution < -0.4 is 11.1 Å². The number of para-hydroxylation sites is 1. The Labute approximate surface area is 187 Å². The highest BCUT2D eigenvalue weighted by molar-refractivity contribution is 7.19. The van der Waals surface area contributed by atoms with Crippen LogP contribution in [0.1, 0.15) is 10.4 Å². The zero-order chi connectivity index (χ0) is 23.0. The average molecular weight is 458 g/mol. The number of carbonyl (C=O) groups excluding carboxylic acids is 1. The van der Waals surface area contributed by atoms with Gasteiger partial charge in [0, 0.05) is 24.3 Å². The molecule has 0 saturated heterocycles. The van der Waals surface area contributed by atoms with E-state index in [4.69, 9.17) is 15.2 Å². The Hall–Kier alpha value is -3.30. The van der Waals surface area contributed by atoms with Crippen LogP contribution >= 0.6 is 11.3 Å². The summed E-state index contributed by atoms with van der Waals surface area (Å²) in [4.78, 5) is 16.3. The van der Waals surface area contributed by atoms with Gasteiger partial charge in [-0.2, -0.15) is 0 Å². The number of fused-ring (bicyclic) bond motifs is 1. The molecule has 6 nitrogen and oxygen atoms in total. The van der Waals surface area contributed by atoms with Crippen molar-refractivity contribution < 1.29 is 23.0 Å². The van der Waals surface area contributed by atoms with Gasteiger partial charge in [-0.25, -0.2) is 13.8 Å². The Bertz CT molecular complexity index is 1250. The van der Waals surface area contributed by atoms with E-state index in [0.29, 0.717) is 16.4 Å². The number of nitrogens with one attached hydrogen (secondary N) is 1. The first-order valence-corrected chi connectivity index (χ1v) is 10.5. The van der Waals surface area contributed by atoms with Crippen molar-refractivity contribution in [3.8, 4) is 0 Å². The number of methoxy groups -OCH3 is 2. The minimum Gasteiger partial charge on any atom is -0.494 e. The number of hydrogen-bond acceptors (Lipinski definition) is 7. The largest absolute Gasteiger partial charge is 0.494 e. The minimum absolute atomic E-state index is 0.156. The number of allylic oxidation sites excluding steroid dienone is 1. The summed E-state index contributed by atoms with van der Waals surface area (Å²) in [6.07, 6.45) is 0.987. The summed E-state index contributed by atoms with van der Waals surface area (Å²) in [5, 5.41) is 3.99. The van der Waals surface area contributed by atoms with E-state index >= 15 is 4.39 Å². The molecule has 3 N–H and O–H groups in total. The number of nitrogens with zero attached hydrogens (tertiary/aromatic N) is 1. The summed E-state index contributed by atoms with van der Waals surface area (Å²) in [6.45, 7) is 1.93. The second-order valence-corrected chi connectivity index (χ2v) is 8.43. The number of hydrogen-bond donors (Lipinski definition) is 2. The maximum Gasteiger partial charge on any atom is 0.174 e. The molecule has 4 rings (SSSR count). The molecule has 9 heteroatoms. The number of anilines is 3. The van der Waals surface area contributed by atoms with Gasteiger partial charge in [-0.3, -0.25) is 4.79 Å². The monoisotopic (exact) mass is 457 g/mol. The van der Waals surface area contributed by atoms with Gasteiger partial charge >= 0.3 is 0 Å². The molecule has 1 aliphatic carbocycles. The third-order valence-corrected chi connectivity index (χ3v) is 6.71. The molecule has 1 aliphatic rings. The Kier molecular flexibility index (Phi) is 5.70. The molecule has 0 saturated carbocycles. The van der Waals surface area contributed by atoms with Crippen LogP contribution in [0.3, 0.4) is 0 Å². The highest BCUT2D eigenvalue weighted by Gasteiger charge is 2.48. The molecular formula is C23H21F2N3O3S. The average Bonchev–Trinajstić information content (AvgIpc) is 3.21. The summed E-state index contributed by atoms with van der Waals surface area (Å²) in [6, 6.07) is 9.13. The topological polar surface area (TPSA) is 86.5 Å². The molecule has 2 unspecified atom stereocenters. The maximum absolute atomic E-state index is 15.4. The fourth-order valence-electron chi connectivity index (χ4n) is 3.73. The Balaban J connectivity index is 1.78. The van der Waals surface area contributed by atoms with E-state index in [9.17, 15) is 9.18 Å². The van der Waals surface area contributed by atoms with Crippen molar-refractivity contribution in [1.82, 2.24) is 4.98 Å². The molecule has 2 heterocycles. The fourth-order valence-corrected chi connectivity index (χ4v) is 4.90. The van der Waals surface area contributed by atoms with Gasteiger partial charge in [0.05, 0.1) is 28.8 Å². The molecule has 0 spiro atoms.